The van der Waals surface area contributed by atoms with Gasteiger partial charge in [0.05, 0.1) is 5.69 Å². The van der Waals surface area contributed by atoms with Crippen LogP contribution in [-0.4, -0.2) is 37.0 Å². The number of anilines is 1. The number of para-hydroxylation sites is 1. The second-order valence-corrected chi connectivity index (χ2v) is 6.09. The van der Waals surface area contributed by atoms with Gasteiger partial charge in [-0.15, -0.1) is 11.3 Å². The van der Waals surface area contributed by atoms with Crippen LogP contribution in [0.5, 0.6) is 0 Å². The van der Waals surface area contributed by atoms with E-state index in [9.17, 15) is 9.18 Å². The first-order valence-corrected chi connectivity index (χ1v) is 8.12. The number of carbonyl (C=O) groups is 1. The van der Waals surface area contributed by atoms with Gasteiger partial charge in [0.25, 0.3) is 0 Å². The fourth-order valence-electron chi connectivity index (χ4n) is 2.52. The van der Waals surface area contributed by atoms with Crippen LogP contribution < -0.4 is 4.90 Å². The summed E-state index contributed by atoms with van der Waals surface area (Å²) in [7, 11) is 0. The van der Waals surface area contributed by atoms with E-state index in [1.807, 2.05) is 34.6 Å². The monoisotopic (exact) mass is 316 g/mol. The maximum atomic E-state index is 13.8. The fraction of sp³-hybridized carbons (Fsp3) is 0.235. The molecule has 2 aromatic rings. The van der Waals surface area contributed by atoms with Crippen molar-refractivity contribution in [3.8, 4) is 0 Å². The molecule has 1 aliphatic rings. The first-order chi connectivity index (χ1) is 10.7. The number of nitrogens with zero attached hydrogens (tertiary/aromatic N) is 2. The highest BCUT2D eigenvalue weighted by atomic mass is 32.1. The summed E-state index contributed by atoms with van der Waals surface area (Å²) in [5.41, 5.74) is 0.615. The summed E-state index contributed by atoms with van der Waals surface area (Å²) in [6, 6.07) is 10.7. The zero-order valence-electron chi connectivity index (χ0n) is 12.1. The molecule has 0 bridgehead atoms. The maximum Gasteiger partial charge on any atom is 0.246 e. The first kappa shape index (κ1) is 14.8. The van der Waals surface area contributed by atoms with E-state index in [1.165, 1.54) is 6.07 Å². The molecule has 0 atom stereocenters. The van der Waals surface area contributed by atoms with Crippen molar-refractivity contribution in [3.05, 3.63) is 58.5 Å². The quantitative estimate of drug-likeness (QED) is 0.812. The number of hydrogen-bond donors (Lipinski definition) is 0. The van der Waals surface area contributed by atoms with Crippen molar-refractivity contribution in [3.63, 3.8) is 0 Å². The fourth-order valence-corrected chi connectivity index (χ4v) is 3.14. The largest absolute Gasteiger partial charge is 0.366 e. The van der Waals surface area contributed by atoms with E-state index in [4.69, 9.17) is 0 Å². The van der Waals surface area contributed by atoms with Gasteiger partial charge in [0.2, 0.25) is 5.91 Å². The molecule has 0 N–H and O–H groups in total. The number of benzene rings is 1. The third kappa shape index (κ3) is 3.36. The lowest BCUT2D eigenvalue weighted by atomic mass is 10.2. The van der Waals surface area contributed by atoms with Crippen LogP contribution in [0, 0.1) is 5.82 Å². The van der Waals surface area contributed by atoms with Crippen molar-refractivity contribution >= 4 is 29.0 Å². The van der Waals surface area contributed by atoms with Crippen molar-refractivity contribution < 1.29 is 9.18 Å². The highest BCUT2D eigenvalue weighted by Gasteiger charge is 2.21. The number of thiophene rings is 1. The molecule has 0 saturated carbocycles. The summed E-state index contributed by atoms with van der Waals surface area (Å²) in [5.74, 6) is -0.193. The van der Waals surface area contributed by atoms with E-state index >= 15 is 0 Å². The number of halogens is 1. The summed E-state index contributed by atoms with van der Waals surface area (Å²) < 4.78 is 13.8. The van der Waals surface area contributed by atoms with Crippen LogP contribution in [-0.2, 0) is 4.79 Å². The molecule has 5 heteroatoms. The second kappa shape index (κ2) is 6.75. The zero-order valence-corrected chi connectivity index (χ0v) is 12.9. The number of piperazine rings is 1. The van der Waals surface area contributed by atoms with Gasteiger partial charge in [0.1, 0.15) is 5.82 Å². The summed E-state index contributed by atoms with van der Waals surface area (Å²) in [6.07, 6.45) is 3.46. The average molecular weight is 316 g/mol. The van der Waals surface area contributed by atoms with Crippen LogP contribution in [0.3, 0.4) is 0 Å². The van der Waals surface area contributed by atoms with Gasteiger partial charge < -0.3 is 9.80 Å². The minimum atomic E-state index is -0.208. The van der Waals surface area contributed by atoms with E-state index in [0.29, 0.717) is 31.9 Å². The molecular weight excluding hydrogens is 299 g/mol. The third-order valence-corrected chi connectivity index (χ3v) is 4.56. The third-order valence-electron chi connectivity index (χ3n) is 3.72. The van der Waals surface area contributed by atoms with Gasteiger partial charge in [-0.1, -0.05) is 18.2 Å². The predicted octanol–water partition coefficient (Wildman–Crippen LogP) is 3.25. The van der Waals surface area contributed by atoms with Crippen molar-refractivity contribution in [2.24, 2.45) is 0 Å². The van der Waals surface area contributed by atoms with Gasteiger partial charge in [0.15, 0.2) is 0 Å². The number of carbonyl (C=O) groups excluding carboxylic acids is 1. The Balaban J connectivity index is 1.57. The zero-order chi connectivity index (χ0) is 15.4. The molecule has 2 heterocycles. The molecule has 1 aromatic heterocycles. The molecule has 1 amide bonds. The van der Waals surface area contributed by atoms with Gasteiger partial charge in [0, 0.05) is 37.1 Å². The summed E-state index contributed by atoms with van der Waals surface area (Å²) in [6.45, 7) is 2.53. The Morgan fingerprint density at radius 2 is 1.86 bits per heavy atom. The van der Waals surface area contributed by atoms with Crippen LogP contribution in [0.15, 0.2) is 47.9 Å². The smallest absolute Gasteiger partial charge is 0.246 e. The Kier molecular flexibility index (Phi) is 4.53. The van der Waals surface area contributed by atoms with Gasteiger partial charge in [-0.25, -0.2) is 4.39 Å². The van der Waals surface area contributed by atoms with Gasteiger partial charge in [-0.3, -0.25) is 4.79 Å². The number of rotatable bonds is 3. The normalized spacial score (nSPS) is 15.5. The molecule has 0 radical (unpaired) electrons. The molecular formula is C17H17FN2OS. The number of amides is 1. The molecule has 1 saturated heterocycles. The molecule has 114 valence electrons. The van der Waals surface area contributed by atoms with Crippen molar-refractivity contribution in [1.29, 1.82) is 0 Å². The molecule has 1 aromatic carbocycles. The Hall–Kier alpha value is -2.14. The van der Waals surface area contributed by atoms with Crippen LogP contribution in [0.25, 0.3) is 6.08 Å². The molecule has 0 spiro atoms. The van der Waals surface area contributed by atoms with Crippen LogP contribution in [0.4, 0.5) is 10.1 Å². The van der Waals surface area contributed by atoms with E-state index in [2.05, 4.69) is 0 Å². The molecule has 0 unspecified atom stereocenters. The van der Waals surface area contributed by atoms with Crippen molar-refractivity contribution in [2.45, 2.75) is 0 Å². The van der Waals surface area contributed by atoms with Crippen molar-refractivity contribution in [2.75, 3.05) is 31.1 Å². The summed E-state index contributed by atoms with van der Waals surface area (Å²) in [4.78, 5) is 17.0. The van der Waals surface area contributed by atoms with E-state index in [-0.39, 0.29) is 11.7 Å². The lowest BCUT2D eigenvalue weighted by Crippen LogP contribution is -2.48. The minimum absolute atomic E-state index is 0.0154. The Labute approximate surface area is 133 Å². The number of hydrogen-bond acceptors (Lipinski definition) is 3. The van der Waals surface area contributed by atoms with Crippen LogP contribution in [0.2, 0.25) is 0 Å². The summed E-state index contributed by atoms with van der Waals surface area (Å²) in [5, 5.41) is 1.98. The molecule has 1 aliphatic heterocycles. The maximum absolute atomic E-state index is 13.8. The molecule has 1 fully saturated rings. The van der Waals surface area contributed by atoms with E-state index < -0.39 is 0 Å². The van der Waals surface area contributed by atoms with E-state index in [1.54, 1.807) is 34.4 Å². The second-order valence-electron chi connectivity index (χ2n) is 5.11. The Morgan fingerprint density at radius 3 is 2.55 bits per heavy atom. The average Bonchev–Trinajstić information content (AvgIpc) is 3.07. The lowest BCUT2D eigenvalue weighted by Gasteiger charge is -2.35. The summed E-state index contributed by atoms with van der Waals surface area (Å²) >= 11 is 1.60. The van der Waals surface area contributed by atoms with Gasteiger partial charge in [-0.05, 0) is 29.7 Å². The Bertz CT molecular complexity index is 661. The molecule has 3 rings (SSSR count). The standard InChI is InChI=1S/C17H17FN2OS/c18-15-5-1-2-6-16(15)19-9-11-20(12-10-19)17(21)8-7-14-4-3-13-22-14/h1-8,13H,9-12H2/b8-7+. The topological polar surface area (TPSA) is 23.6 Å². The van der Waals surface area contributed by atoms with E-state index in [0.717, 1.165) is 4.88 Å². The highest BCUT2D eigenvalue weighted by Crippen LogP contribution is 2.20. The first-order valence-electron chi connectivity index (χ1n) is 7.24. The van der Waals surface area contributed by atoms with Crippen LogP contribution in [0.1, 0.15) is 4.88 Å². The van der Waals surface area contributed by atoms with Crippen LogP contribution >= 0.6 is 11.3 Å². The minimum Gasteiger partial charge on any atom is -0.366 e. The Morgan fingerprint density at radius 1 is 1.09 bits per heavy atom. The van der Waals surface area contributed by atoms with Crippen molar-refractivity contribution in [1.82, 2.24) is 4.90 Å². The molecule has 0 aliphatic carbocycles. The highest BCUT2D eigenvalue weighted by molar-refractivity contribution is 7.10. The van der Waals surface area contributed by atoms with Gasteiger partial charge in [-0.2, -0.15) is 0 Å². The molecule has 22 heavy (non-hydrogen) atoms. The lowest BCUT2D eigenvalue weighted by molar-refractivity contribution is -0.126. The predicted molar refractivity (Wildman–Crippen MR) is 88.5 cm³/mol. The van der Waals surface area contributed by atoms with Gasteiger partial charge >= 0.3 is 0 Å². The molecule has 3 nitrogen and oxygen atoms in total. The SMILES string of the molecule is O=C(/C=C/c1cccs1)N1CCN(c2ccccc2F)CC1.